The molecule has 1 aliphatic heterocycles. The van der Waals surface area contributed by atoms with Crippen LogP contribution in [0.4, 0.5) is 4.39 Å². The van der Waals surface area contributed by atoms with E-state index < -0.39 is 0 Å². The summed E-state index contributed by atoms with van der Waals surface area (Å²) in [5, 5.41) is 6.41. The molecule has 4 nitrogen and oxygen atoms in total. The third-order valence-electron chi connectivity index (χ3n) is 4.88. The molecule has 0 atom stereocenters. The van der Waals surface area contributed by atoms with Crippen molar-refractivity contribution in [2.45, 2.75) is 26.4 Å². The molecular formula is C21H26ClFN2O2. The van der Waals surface area contributed by atoms with Gasteiger partial charge in [0.2, 0.25) is 0 Å². The molecule has 3 rings (SSSR count). The molecule has 1 heterocycles. The molecule has 2 N–H and O–H groups in total. The van der Waals surface area contributed by atoms with E-state index >= 15 is 0 Å². The number of hydrogen-bond acceptors (Lipinski definition) is 3. The van der Waals surface area contributed by atoms with Crippen LogP contribution in [0.2, 0.25) is 0 Å². The van der Waals surface area contributed by atoms with Gasteiger partial charge in [0.05, 0.1) is 0 Å². The number of benzene rings is 2. The van der Waals surface area contributed by atoms with E-state index in [9.17, 15) is 9.18 Å². The highest BCUT2D eigenvalue weighted by molar-refractivity contribution is 5.94. The van der Waals surface area contributed by atoms with Crippen LogP contribution in [0, 0.1) is 11.2 Å². The first-order valence-electron chi connectivity index (χ1n) is 9.00. The minimum absolute atomic E-state index is 0. The summed E-state index contributed by atoms with van der Waals surface area (Å²) >= 11 is 0. The monoisotopic (exact) mass is 392 g/mol. The summed E-state index contributed by atoms with van der Waals surface area (Å²) in [5.74, 6) is 0.0677. The second kappa shape index (κ2) is 9.72. The molecule has 1 saturated heterocycles. The van der Waals surface area contributed by atoms with Crippen molar-refractivity contribution in [3.63, 3.8) is 0 Å². The maximum Gasteiger partial charge on any atom is 0.251 e. The van der Waals surface area contributed by atoms with E-state index in [1.807, 2.05) is 18.2 Å². The van der Waals surface area contributed by atoms with Crippen LogP contribution >= 0.6 is 12.4 Å². The van der Waals surface area contributed by atoms with Gasteiger partial charge in [-0.1, -0.05) is 25.1 Å². The van der Waals surface area contributed by atoms with E-state index in [1.165, 1.54) is 12.1 Å². The lowest BCUT2D eigenvalue weighted by Crippen LogP contribution is -2.42. The van der Waals surface area contributed by atoms with Crippen molar-refractivity contribution in [2.24, 2.45) is 5.41 Å². The summed E-state index contributed by atoms with van der Waals surface area (Å²) in [6, 6.07) is 13.4. The summed E-state index contributed by atoms with van der Waals surface area (Å²) in [4.78, 5) is 12.5. The quantitative estimate of drug-likeness (QED) is 0.782. The fourth-order valence-corrected chi connectivity index (χ4v) is 3.13. The number of rotatable bonds is 6. The number of piperidine rings is 1. The molecular weight excluding hydrogens is 367 g/mol. The van der Waals surface area contributed by atoms with E-state index in [0.717, 1.165) is 31.5 Å². The number of carbonyl (C=O) groups excluding carboxylic acids is 1. The molecule has 146 valence electrons. The van der Waals surface area contributed by atoms with Crippen LogP contribution in [0.15, 0.2) is 48.5 Å². The Balaban J connectivity index is 0.00000261. The number of ether oxygens (including phenoxy) is 1. The fourth-order valence-electron chi connectivity index (χ4n) is 3.13. The molecule has 0 radical (unpaired) electrons. The third kappa shape index (κ3) is 6.22. The summed E-state index contributed by atoms with van der Waals surface area (Å²) in [5.41, 5.74) is 1.64. The molecule has 2 aromatic carbocycles. The molecule has 0 bridgehead atoms. The van der Waals surface area contributed by atoms with Gasteiger partial charge in [-0.3, -0.25) is 4.79 Å². The standard InChI is InChI=1S/C21H25FN2O2.ClH/c1-21(8-10-23-11-9-21)15-24-20(25)17-5-2-4-16(12-17)14-26-19-7-3-6-18(22)13-19;/h2-7,12-13,23H,8-11,14-15H2,1H3,(H,24,25);1H. The summed E-state index contributed by atoms with van der Waals surface area (Å²) < 4.78 is 18.8. The minimum atomic E-state index is -0.331. The van der Waals surface area contributed by atoms with Gasteiger partial charge in [0.15, 0.2) is 0 Å². The van der Waals surface area contributed by atoms with Crippen LogP contribution in [0.25, 0.3) is 0 Å². The van der Waals surface area contributed by atoms with E-state index in [2.05, 4.69) is 17.6 Å². The first-order chi connectivity index (χ1) is 12.5. The van der Waals surface area contributed by atoms with Crippen molar-refractivity contribution in [3.05, 3.63) is 65.5 Å². The molecule has 1 fully saturated rings. The molecule has 0 aromatic heterocycles. The van der Waals surface area contributed by atoms with Crippen molar-refractivity contribution < 1.29 is 13.9 Å². The second-order valence-electron chi connectivity index (χ2n) is 7.19. The maximum absolute atomic E-state index is 13.2. The highest BCUT2D eigenvalue weighted by atomic mass is 35.5. The van der Waals surface area contributed by atoms with Gasteiger partial charge in [-0.15, -0.1) is 12.4 Å². The van der Waals surface area contributed by atoms with Crippen LogP contribution in [-0.4, -0.2) is 25.5 Å². The van der Waals surface area contributed by atoms with Crippen molar-refractivity contribution >= 4 is 18.3 Å². The lowest BCUT2D eigenvalue weighted by molar-refractivity contribution is 0.0922. The second-order valence-corrected chi connectivity index (χ2v) is 7.19. The number of halogens is 2. The Morgan fingerprint density at radius 1 is 1.19 bits per heavy atom. The normalized spacial score (nSPS) is 15.5. The maximum atomic E-state index is 13.2. The minimum Gasteiger partial charge on any atom is -0.489 e. The Labute approximate surface area is 165 Å². The fraction of sp³-hybridized carbons (Fsp3) is 0.381. The van der Waals surface area contributed by atoms with Crippen LogP contribution in [0.5, 0.6) is 5.75 Å². The Morgan fingerprint density at radius 3 is 2.67 bits per heavy atom. The average Bonchev–Trinajstić information content (AvgIpc) is 2.65. The van der Waals surface area contributed by atoms with Crippen LogP contribution in [-0.2, 0) is 6.61 Å². The Kier molecular flexibility index (Phi) is 7.63. The van der Waals surface area contributed by atoms with Crippen molar-refractivity contribution in [3.8, 4) is 5.75 Å². The summed E-state index contributed by atoms with van der Waals surface area (Å²) in [7, 11) is 0. The van der Waals surface area contributed by atoms with E-state index in [0.29, 0.717) is 17.9 Å². The Hall–Kier alpha value is -2.11. The highest BCUT2D eigenvalue weighted by Crippen LogP contribution is 2.26. The number of hydrogen-bond donors (Lipinski definition) is 2. The van der Waals surface area contributed by atoms with E-state index in [4.69, 9.17) is 4.74 Å². The lowest BCUT2D eigenvalue weighted by atomic mass is 9.81. The van der Waals surface area contributed by atoms with Gasteiger partial charge in [0, 0.05) is 18.2 Å². The van der Waals surface area contributed by atoms with Crippen LogP contribution in [0.3, 0.4) is 0 Å². The van der Waals surface area contributed by atoms with Gasteiger partial charge >= 0.3 is 0 Å². The molecule has 1 aliphatic rings. The molecule has 0 aliphatic carbocycles. The first-order valence-corrected chi connectivity index (χ1v) is 9.00. The van der Waals surface area contributed by atoms with Crippen molar-refractivity contribution in [1.29, 1.82) is 0 Å². The summed E-state index contributed by atoms with van der Waals surface area (Å²) in [6.07, 6.45) is 2.13. The van der Waals surface area contributed by atoms with Crippen LogP contribution < -0.4 is 15.4 Å². The molecule has 2 aromatic rings. The van der Waals surface area contributed by atoms with Gasteiger partial charge in [0.25, 0.3) is 5.91 Å². The predicted molar refractivity (Wildman–Crippen MR) is 107 cm³/mol. The zero-order valence-corrected chi connectivity index (χ0v) is 16.3. The molecule has 0 unspecified atom stereocenters. The van der Waals surface area contributed by atoms with Gasteiger partial charge in [-0.05, 0) is 61.2 Å². The van der Waals surface area contributed by atoms with Gasteiger partial charge < -0.3 is 15.4 Å². The third-order valence-corrected chi connectivity index (χ3v) is 4.88. The zero-order valence-electron chi connectivity index (χ0n) is 15.5. The highest BCUT2D eigenvalue weighted by Gasteiger charge is 2.27. The molecule has 27 heavy (non-hydrogen) atoms. The van der Waals surface area contributed by atoms with Gasteiger partial charge in [-0.25, -0.2) is 4.39 Å². The Bertz CT molecular complexity index is 763. The topological polar surface area (TPSA) is 50.4 Å². The molecule has 0 spiro atoms. The summed E-state index contributed by atoms with van der Waals surface area (Å²) in [6.45, 7) is 5.18. The van der Waals surface area contributed by atoms with Gasteiger partial charge in [-0.2, -0.15) is 0 Å². The number of amides is 1. The lowest BCUT2D eigenvalue weighted by Gasteiger charge is -2.34. The Morgan fingerprint density at radius 2 is 1.93 bits per heavy atom. The molecule has 0 saturated carbocycles. The first kappa shape index (κ1) is 21.2. The van der Waals surface area contributed by atoms with Crippen molar-refractivity contribution in [1.82, 2.24) is 10.6 Å². The molecule has 6 heteroatoms. The van der Waals surface area contributed by atoms with Gasteiger partial charge in [0.1, 0.15) is 18.2 Å². The zero-order chi connectivity index (χ0) is 18.4. The molecule has 1 amide bonds. The number of carbonyl (C=O) groups is 1. The predicted octanol–water partition coefficient (Wildman–Crippen LogP) is 3.95. The van der Waals surface area contributed by atoms with Crippen molar-refractivity contribution in [2.75, 3.05) is 19.6 Å². The number of nitrogens with one attached hydrogen (secondary N) is 2. The average molecular weight is 393 g/mol. The largest absolute Gasteiger partial charge is 0.489 e. The smallest absolute Gasteiger partial charge is 0.251 e. The van der Waals surface area contributed by atoms with E-state index in [-0.39, 0.29) is 36.2 Å². The van der Waals surface area contributed by atoms with Crippen LogP contribution in [0.1, 0.15) is 35.7 Å². The van der Waals surface area contributed by atoms with E-state index in [1.54, 1.807) is 18.2 Å². The SMILES string of the molecule is CC1(CNC(=O)c2cccc(COc3cccc(F)c3)c2)CCNCC1.Cl.